The number of aromatic hydroxyl groups is 1. The molecule has 0 aliphatic rings. The summed E-state index contributed by atoms with van der Waals surface area (Å²) in [7, 11) is 1.54. The average molecular weight is 249 g/mol. The Morgan fingerprint density at radius 2 is 2.17 bits per heavy atom. The van der Waals surface area contributed by atoms with E-state index < -0.39 is 0 Å². The van der Waals surface area contributed by atoms with Gasteiger partial charge in [-0.15, -0.1) is 0 Å². The lowest BCUT2D eigenvalue weighted by Gasteiger charge is -2.08. The Morgan fingerprint density at radius 1 is 1.39 bits per heavy atom. The molecule has 1 aromatic rings. The molecule has 0 saturated heterocycles. The molecular formula is C15H23NO2. The van der Waals surface area contributed by atoms with Crippen molar-refractivity contribution in [2.24, 2.45) is 4.99 Å². The molecule has 0 spiro atoms. The second-order valence-electron chi connectivity index (χ2n) is 4.41. The molecule has 1 atom stereocenters. The van der Waals surface area contributed by atoms with Crippen molar-refractivity contribution in [1.29, 1.82) is 0 Å². The largest absolute Gasteiger partial charge is 0.504 e. The fourth-order valence-corrected chi connectivity index (χ4v) is 1.80. The van der Waals surface area contributed by atoms with Crippen LogP contribution < -0.4 is 4.74 Å². The van der Waals surface area contributed by atoms with Crippen LogP contribution in [0.25, 0.3) is 0 Å². The second kappa shape index (κ2) is 7.75. The van der Waals surface area contributed by atoms with E-state index in [1.807, 2.05) is 12.3 Å². The summed E-state index contributed by atoms with van der Waals surface area (Å²) >= 11 is 0. The van der Waals surface area contributed by atoms with Crippen molar-refractivity contribution in [3.8, 4) is 11.5 Å². The highest BCUT2D eigenvalue weighted by Gasteiger charge is 2.03. The van der Waals surface area contributed by atoms with Crippen LogP contribution in [0, 0.1) is 0 Å². The minimum absolute atomic E-state index is 0.156. The van der Waals surface area contributed by atoms with Gasteiger partial charge in [0.15, 0.2) is 11.5 Å². The van der Waals surface area contributed by atoms with Gasteiger partial charge in [-0.2, -0.15) is 0 Å². The molecule has 0 fully saturated rings. The molecule has 18 heavy (non-hydrogen) atoms. The minimum Gasteiger partial charge on any atom is -0.504 e. The van der Waals surface area contributed by atoms with Gasteiger partial charge in [-0.05, 0) is 36.6 Å². The molecule has 0 amide bonds. The Hall–Kier alpha value is -1.51. The summed E-state index contributed by atoms with van der Waals surface area (Å²) in [5, 5.41) is 9.67. The maximum absolute atomic E-state index is 9.67. The van der Waals surface area contributed by atoms with Gasteiger partial charge in [0.1, 0.15) is 0 Å². The molecule has 0 aliphatic heterocycles. The SMILES string of the molecule is CCCCC(CC)N=Cc1ccc(OC)c(O)c1. The summed E-state index contributed by atoms with van der Waals surface area (Å²) in [4.78, 5) is 4.57. The summed E-state index contributed by atoms with van der Waals surface area (Å²) in [6.07, 6.45) is 6.44. The van der Waals surface area contributed by atoms with Crippen LogP contribution in [0.4, 0.5) is 0 Å². The smallest absolute Gasteiger partial charge is 0.160 e. The van der Waals surface area contributed by atoms with Gasteiger partial charge < -0.3 is 9.84 Å². The molecule has 0 aromatic heterocycles. The van der Waals surface area contributed by atoms with Crippen LogP contribution in [-0.2, 0) is 0 Å². The number of hydrogen-bond acceptors (Lipinski definition) is 3. The van der Waals surface area contributed by atoms with E-state index in [9.17, 15) is 5.11 Å². The topological polar surface area (TPSA) is 41.8 Å². The molecule has 0 radical (unpaired) electrons. The quantitative estimate of drug-likeness (QED) is 0.747. The number of nitrogens with zero attached hydrogens (tertiary/aromatic N) is 1. The fourth-order valence-electron chi connectivity index (χ4n) is 1.80. The van der Waals surface area contributed by atoms with Gasteiger partial charge in [-0.3, -0.25) is 4.99 Å². The molecule has 100 valence electrons. The average Bonchev–Trinajstić information content (AvgIpc) is 2.39. The van der Waals surface area contributed by atoms with Crippen LogP contribution in [0.15, 0.2) is 23.2 Å². The summed E-state index contributed by atoms with van der Waals surface area (Å²) in [6.45, 7) is 4.35. The van der Waals surface area contributed by atoms with Crippen LogP contribution in [0.2, 0.25) is 0 Å². The molecule has 0 heterocycles. The van der Waals surface area contributed by atoms with E-state index in [0.717, 1.165) is 18.4 Å². The Kier molecular flexibility index (Phi) is 6.26. The zero-order valence-electron chi connectivity index (χ0n) is 11.5. The maximum atomic E-state index is 9.67. The molecule has 1 N–H and O–H groups in total. The van der Waals surface area contributed by atoms with Gasteiger partial charge in [0, 0.05) is 12.3 Å². The van der Waals surface area contributed by atoms with Crippen molar-refractivity contribution in [3.63, 3.8) is 0 Å². The van der Waals surface area contributed by atoms with Crippen LogP contribution >= 0.6 is 0 Å². The normalized spacial score (nSPS) is 12.8. The van der Waals surface area contributed by atoms with Gasteiger partial charge in [-0.25, -0.2) is 0 Å². The number of hydrogen-bond donors (Lipinski definition) is 1. The number of methoxy groups -OCH3 is 1. The second-order valence-corrected chi connectivity index (χ2v) is 4.41. The van der Waals surface area contributed by atoms with Crippen molar-refractivity contribution in [2.45, 2.75) is 45.6 Å². The predicted octanol–water partition coefficient (Wildman–Crippen LogP) is 3.79. The fraction of sp³-hybridized carbons (Fsp3) is 0.533. The van der Waals surface area contributed by atoms with Crippen molar-refractivity contribution < 1.29 is 9.84 Å². The summed E-state index contributed by atoms with van der Waals surface area (Å²) in [5.41, 5.74) is 0.906. The van der Waals surface area contributed by atoms with E-state index in [2.05, 4.69) is 18.8 Å². The van der Waals surface area contributed by atoms with E-state index in [4.69, 9.17) is 4.74 Å². The minimum atomic E-state index is 0.156. The first-order chi connectivity index (χ1) is 8.71. The standard InChI is InChI=1S/C15H23NO2/c1-4-6-7-13(5-2)16-11-12-8-9-15(18-3)14(17)10-12/h8-11,13,17H,4-7H2,1-3H3. The van der Waals surface area contributed by atoms with Crippen LogP contribution in [0.5, 0.6) is 11.5 Å². The summed E-state index contributed by atoms with van der Waals surface area (Å²) in [6, 6.07) is 5.71. The number of aliphatic imine (C=N–C) groups is 1. The lowest BCUT2D eigenvalue weighted by Crippen LogP contribution is -2.02. The highest BCUT2D eigenvalue weighted by Crippen LogP contribution is 2.25. The van der Waals surface area contributed by atoms with Crippen LogP contribution in [0.1, 0.15) is 45.1 Å². The highest BCUT2D eigenvalue weighted by atomic mass is 16.5. The number of phenolic OH excluding ortho intramolecular Hbond substituents is 1. The van der Waals surface area contributed by atoms with Gasteiger partial charge >= 0.3 is 0 Å². The van der Waals surface area contributed by atoms with Crippen molar-refractivity contribution in [1.82, 2.24) is 0 Å². The lowest BCUT2D eigenvalue weighted by molar-refractivity contribution is 0.373. The zero-order valence-corrected chi connectivity index (χ0v) is 11.5. The first kappa shape index (κ1) is 14.6. The molecule has 0 bridgehead atoms. The number of unbranched alkanes of at least 4 members (excludes halogenated alkanes) is 1. The number of ether oxygens (including phenoxy) is 1. The monoisotopic (exact) mass is 249 g/mol. The third-order valence-corrected chi connectivity index (χ3v) is 3.00. The van der Waals surface area contributed by atoms with E-state index in [1.165, 1.54) is 12.8 Å². The summed E-state index contributed by atoms with van der Waals surface area (Å²) < 4.78 is 5.01. The predicted molar refractivity (Wildman–Crippen MR) is 75.9 cm³/mol. The van der Waals surface area contributed by atoms with Crippen molar-refractivity contribution in [2.75, 3.05) is 7.11 Å². The molecule has 3 heteroatoms. The third-order valence-electron chi connectivity index (χ3n) is 3.00. The molecule has 0 saturated carbocycles. The zero-order chi connectivity index (χ0) is 13.4. The van der Waals surface area contributed by atoms with E-state index in [1.54, 1.807) is 19.2 Å². The number of phenols is 1. The van der Waals surface area contributed by atoms with Crippen LogP contribution in [-0.4, -0.2) is 24.5 Å². The summed E-state index contributed by atoms with van der Waals surface area (Å²) in [5.74, 6) is 0.647. The number of benzene rings is 1. The van der Waals surface area contributed by atoms with Crippen LogP contribution in [0.3, 0.4) is 0 Å². The lowest BCUT2D eigenvalue weighted by atomic mass is 10.1. The molecule has 1 aromatic carbocycles. The Labute approximate surface area is 110 Å². The van der Waals surface area contributed by atoms with Crippen molar-refractivity contribution in [3.05, 3.63) is 23.8 Å². The van der Waals surface area contributed by atoms with E-state index >= 15 is 0 Å². The first-order valence-electron chi connectivity index (χ1n) is 6.61. The Balaban J connectivity index is 2.67. The molecule has 1 unspecified atom stereocenters. The first-order valence-corrected chi connectivity index (χ1v) is 6.61. The van der Waals surface area contributed by atoms with E-state index in [0.29, 0.717) is 11.8 Å². The number of rotatable bonds is 7. The Bertz CT molecular complexity index is 388. The third kappa shape index (κ3) is 4.40. The van der Waals surface area contributed by atoms with Gasteiger partial charge in [0.05, 0.1) is 7.11 Å². The molecule has 0 aliphatic carbocycles. The van der Waals surface area contributed by atoms with Gasteiger partial charge in [0.2, 0.25) is 0 Å². The maximum Gasteiger partial charge on any atom is 0.160 e. The van der Waals surface area contributed by atoms with Crippen molar-refractivity contribution >= 4 is 6.21 Å². The molecule has 1 rings (SSSR count). The molecular weight excluding hydrogens is 226 g/mol. The van der Waals surface area contributed by atoms with E-state index in [-0.39, 0.29) is 5.75 Å². The van der Waals surface area contributed by atoms with Gasteiger partial charge in [-0.1, -0.05) is 26.7 Å². The highest BCUT2D eigenvalue weighted by molar-refractivity contribution is 5.81. The van der Waals surface area contributed by atoms with Gasteiger partial charge in [0.25, 0.3) is 0 Å². The molecule has 3 nitrogen and oxygen atoms in total. The Morgan fingerprint density at radius 3 is 2.72 bits per heavy atom.